The Balaban J connectivity index is 1.97. The molecule has 2 heteroatoms. The summed E-state index contributed by atoms with van der Waals surface area (Å²) >= 11 is 0. The highest BCUT2D eigenvalue weighted by Crippen LogP contribution is 2.29. The van der Waals surface area contributed by atoms with E-state index in [1.165, 1.54) is 30.4 Å². The van der Waals surface area contributed by atoms with Crippen LogP contribution in [0, 0.1) is 0 Å². The molecule has 0 radical (unpaired) electrons. The predicted octanol–water partition coefficient (Wildman–Crippen LogP) is 3.46. The van der Waals surface area contributed by atoms with E-state index in [-0.39, 0.29) is 6.04 Å². The van der Waals surface area contributed by atoms with Gasteiger partial charge in [0.1, 0.15) is 11.5 Å². The van der Waals surface area contributed by atoms with Crippen molar-refractivity contribution in [3.05, 3.63) is 47.2 Å². The molecule has 0 aliphatic heterocycles. The zero-order valence-electron chi connectivity index (χ0n) is 10.1. The van der Waals surface area contributed by atoms with Crippen LogP contribution in [0.4, 0.5) is 0 Å². The first-order chi connectivity index (χ1) is 8.24. The van der Waals surface area contributed by atoms with Gasteiger partial charge in [0, 0.05) is 5.56 Å². The Bertz CT molecular complexity index is 540. The second kappa shape index (κ2) is 4.04. The molecule has 88 valence electrons. The van der Waals surface area contributed by atoms with E-state index >= 15 is 0 Å². The Morgan fingerprint density at radius 1 is 1.12 bits per heavy atom. The van der Waals surface area contributed by atoms with Crippen molar-refractivity contribution in [3.8, 4) is 11.3 Å². The van der Waals surface area contributed by atoms with Gasteiger partial charge >= 0.3 is 0 Å². The molecule has 0 saturated carbocycles. The number of benzene rings is 1. The van der Waals surface area contributed by atoms with Crippen LogP contribution in [0.3, 0.4) is 0 Å². The molecule has 2 N–H and O–H groups in total. The van der Waals surface area contributed by atoms with E-state index in [4.69, 9.17) is 10.2 Å². The average molecular weight is 227 g/mol. The molecule has 1 aliphatic carbocycles. The Morgan fingerprint density at radius 2 is 1.94 bits per heavy atom. The SMILES string of the molecule is CC(N)c1ccc(-c2ccc3c(c2)CCC3)o1. The van der Waals surface area contributed by atoms with Crippen molar-refractivity contribution < 1.29 is 4.42 Å². The minimum absolute atomic E-state index is 0.0434. The maximum atomic E-state index is 5.80. The van der Waals surface area contributed by atoms with Gasteiger partial charge in [0.25, 0.3) is 0 Å². The number of nitrogens with two attached hydrogens (primary N) is 1. The summed E-state index contributed by atoms with van der Waals surface area (Å²) in [4.78, 5) is 0. The largest absolute Gasteiger partial charge is 0.459 e. The molecule has 0 amide bonds. The van der Waals surface area contributed by atoms with Gasteiger partial charge in [-0.25, -0.2) is 0 Å². The van der Waals surface area contributed by atoms with Crippen molar-refractivity contribution in [2.45, 2.75) is 32.2 Å². The number of fused-ring (bicyclic) bond motifs is 1. The molecule has 0 bridgehead atoms. The Hall–Kier alpha value is -1.54. The summed E-state index contributed by atoms with van der Waals surface area (Å²) < 4.78 is 5.77. The fourth-order valence-electron chi connectivity index (χ4n) is 2.48. The lowest BCUT2D eigenvalue weighted by molar-refractivity contribution is 0.491. The van der Waals surface area contributed by atoms with Crippen LogP contribution in [0.25, 0.3) is 11.3 Å². The quantitative estimate of drug-likeness (QED) is 0.853. The number of hydrogen-bond acceptors (Lipinski definition) is 2. The third kappa shape index (κ3) is 1.89. The summed E-state index contributed by atoms with van der Waals surface area (Å²) in [6, 6.07) is 10.6. The summed E-state index contributed by atoms with van der Waals surface area (Å²) in [6.45, 7) is 1.94. The molecule has 0 spiro atoms. The Kier molecular flexibility index (Phi) is 2.52. The van der Waals surface area contributed by atoms with Gasteiger partial charge < -0.3 is 10.2 Å². The number of rotatable bonds is 2. The minimum atomic E-state index is -0.0434. The van der Waals surface area contributed by atoms with Gasteiger partial charge in [-0.1, -0.05) is 12.1 Å². The zero-order valence-corrected chi connectivity index (χ0v) is 10.1. The van der Waals surface area contributed by atoms with E-state index in [1.54, 1.807) is 0 Å². The van der Waals surface area contributed by atoms with Crippen LogP contribution in [0.1, 0.15) is 36.3 Å². The number of aryl methyl sites for hydroxylation is 2. The maximum Gasteiger partial charge on any atom is 0.134 e. The average Bonchev–Trinajstić information content (AvgIpc) is 2.97. The van der Waals surface area contributed by atoms with Crippen molar-refractivity contribution in [1.82, 2.24) is 0 Å². The van der Waals surface area contributed by atoms with Crippen molar-refractivity contribution in [2.75, 3.05) is 0 Å². The fourth-order valence-corrected chi connectivity index (χ4v) is 2.48. The van der Waals surface area contributed by atoms with Crippen LogP contribution in [-0.4, -0.2) is 0 Å². The van der Waals surface area contributed by atoms with Crippen LogP contribution in [-0.2, 0) is 12.8 Å². The normalized spacial score (nSPS) is 15.9. The monoisotopic (exact) mass is 227 g/mol. The van der Waals surface area contributed by atoms with Gasteiger partial charge in [0.2, 0.25) is 0 Å². The second-order valence-corrected chi connectivity index (χ2v) is 4.83. The Morgan fingerprint density at radius 3 is 2.71 bits per heavy atom. The molecular weight excluding hydrogens is 210 g/mol. The van der Waals surface area contributed by atoms with Crippen LogP contribution in [0.15, 0.2) is 34.7 Å². The van der Waals surface area contributed by atoms with E-state index in [9.17, 15) is 0 Å². The predicted molar refractivity (Wildman–Crippen MR) is 68.8 cm³/mol. The highest BCUT2D eigenvalue weighted by atomic mass is 16.3. The maximum absolute atomic E-state index is 5.80. The van der Waals surface area contributed by atoms with Crippen molar-refractivity contribution >= 4 is 0 Å². The first kappa shape index (κ1) is 10.6. The standard InChI is InChI=1S/C15H17NO/c1-10(16)14-7-8-15(17-14)13-6-5-11-3-2-4-12(11)9-13/h5-10H,2-4,16H2,1H3. The summed E-state index contributed by atoms with van der Waals surface area (Å²) in [5.41, 5.74) is 9.93. The third-order valence-corrected chi connectivity index (χ3v) is 3.46. The van der Waals surface area contributed by atoms with Crippen LogP contribution >= 0.6 is 0 Å². The molecule has 0 saturated heterocycles. The molecule has 1 heterocycles. The molecule has 1 aromatic carbocycles. The molecule has 2 aromatic rings. The molecule has 1 unspecified atom stereocenters. The molecule has 1 aliphatic rings. The van der Waals surface area contributed by atoms with Gasteiger partial charge in [-0.15, -0.1) is 0 Å². The lowest BCUT2D eigenvalue weighted by atomic mass is 10.1. The van der Waals surface area contributed by atoms with E-state index in [0.717, 1.165) is 17.1 Å². The Labute approximate surface area is 101 Å². The summed E-state index contributed by atoms with van der Waals surface area (Å²) in [5, 5.41) is 0. The van der Waals surface area contributed by atoms with Crippen LogP contribution in [0.2, 0.25) is 0 Å². The molecule has 0 fully saturated rings. The second-order valence-electron chi connectivity index (χ2n) is 4.83. The van der Waals surface area contributed by atoms with E-state index in [2.05, 4.69) is 18.2 Å². The van der Waals surface area contributed by atoms with Crippen molar-refractivity contribution in [2.24, 2.45) is 5.73 Å². The molecule has 1 atom stereocenters. The number of hydrogen-bond donors (Lipinski definition) is 1. The summed E-state index contributed by atoms with van der Waals surface area (Å²) in [5.74, 6) is 1.77. The highest BCUT2D eigenvalue weighted by Gasteiger charge is 2.13. The fraction of sp³-hybridized carbons (Fsp3) is 0.333. The number of furan rings is 1. The summed E-state index contributed by atoms with van der Waals surface area (Å²) in [6.07, 6.45) is 3.70. The van der Waals surface area contributed by atoms with Gasteiger partial charge in [-0.05, 0) is 55.5 Å². The van der Waals surface area contributed by atoms with Crippen LogP contribution in [0.5, 0.6) is 0 Å². The molecule has 3 rings (SSSR count). The van der Waals surface area contributed by atoms with Gasteiger partial charge in [-0.2, -0.15) is 0 Å². The van der Waals surface area contributed by atoms with E-state index in [0.29, 0.717) is 0 Å². The highest BCUT2D eigenvalue weighted by molar-refractivity contribution is 5.60. The first-order valence-electron chi connectivity index (χ1n) is 6.21. The first-order valence-corrected chi connectivity index (χ1v) is 6.21. The van der Waals surface area contributed by atoms with Gasteiger partial charge in [0.15, 0.2) is 0 Å². The third-order valence-electron chi connectivity index (χ3n) is 3.46. The molecule has 2 nitrogen and oxygen atoms in total. The minimum Gasteiger partial charge on any atom is -0.459 e. The van der Waals surface area contributed by atoms with Crippen molar-refractivity contribution in [3.63, 3.8) is 0 Å². The van der Waals surface area contributed by atoms with E-state index in [1.807, 2.05) is 19.1 Å². The zero-order chi connectivity index (χ0) is 11.8. The topological polar surface area (TPSA) is 39.2 Å². The van der Waals surface area contributed by atoms with Gasteiger partial charge in [0.05, 0.1) is 6.04 Å². The smallest absolute Gasteiger partial charge is 0.134 e. The van der Waals surface area contributed by atoms with Gasteiger partial charge in [-0.3, -0.25) is 0 Å². The van der Waals surface area contributed by atoms with E-state index < -0.39 is 0 Å². The molecular formula is C15H17NO. The molecule has 17 heavy (non-hydrogen) atoms. The summed E-state index contributed by atoms with van der Waals surface area (Å²) in [7, 11) is 0. The van der Waals surface area contributed by atoms with Crippen LogP contribution < -0.4 is 5.73 Å². The lowest BCUT2D eigenvalue weighted by Gasteiger charge is -2.03. The van der Waals surface area contributed by atoms with Crippen molar-refractivity contribution in [1.29, 1.82) is 0 Å². The lowest BCUT2D eigenvalue weighted by Crippen LogP contribution is -2.02. The molecule has 1 aromatic heterocycles.